The smallest absolute Gasteiger partial charge is 0.246 e. The number of benzene rings is 1. The van der Waals surface area contributed by atoms with Crippen LogP contribution in [0.3, 0.4) is 0 Å². The minimum Gasteiger partial charge on any atom is -0.396 e. The lowest BCUT2D eigenvalue weighted by atomic mass is 10.2. The third kappa shape index (κ3) is 3.01. The zero-order valence-electron chi connectivity index (χ0n) is 9.85. The van der Waals surface area contributed by atoms with Crippen LogP contribution in [0.4, 0.5) is 11.4 Å². The van der Waals surface area contributed by atoms with Crippen molar-refractivity contribution in [2.75, 3.05) is 11.1 Å². The topological polar surface area (TPSA) is 72.9 Å². The summed E-state index contributed by atoms with van der Waals surface area (Å²) in [6, 6.07) is 5.45. The maximum atomic E-state index is 11.8. The van der Waals surface area contributed by atoms with Gasteiger partial charge in [-0.1, -0.05) is 17.7 Å². The number of aromatic nitrogens is 2. The van der Waals surface area contributed by atoms with E-state index in [4.69, 9.17) is 17.3 Å². The van der Waals surface area contributed by atoms with Crippen molar-refractivity contribution in [1.29, 1.82) is 0 Å². The summed E-state index contributed by atoms with van der Waals surface area (Å²) in [5, 5.41) is 7.17. The molecule has 2 rings (SSSR count). The molecule has 6 heteroatoms. The van der Waals surface area contributed by atoms with E-state index in [0.717, 1.165) is 5.56 Å². The Kier molecular flexibility index (Phi) is 3.53. The predicted octanol–water partition coefficient (Wildman–Crippen LogP) is 2.07. The zero-order chi connectivity index (χ0) is 13.1. The number of halogens is 1. The Morgan fingerprint density at radius 3 is 2.94 bits per heavy atom. The Morgan fingerprint density at radius 1 is 1.56 bits per heavy atom. The van der Waals surface area contributed by atoms with Crippen LogP contribution in [0, 0.1) is 6.92 Å². The van der Waals surface area contributed by atoms with Gasteiger partial charge < -0.3 is 11.1 Å². The minimum atomic E-state index is -0.205. The molecule has 0 bridgehead atoms. The van der Waals surface area contributed by atoms with Crippen LogP contribution < -0.4 is 11.1 Å². The fraction of sp³-hybridized carbons (Fsp3) is 0.167. The van der Waals surface area contributed by atoms with E-state index < -0.39 is 0 Å². The van der Waals surface area contributed by atoms with E-state index in [0.29, 0.717) is 16.4 Å². The molecule has 5 nitrogen and oxygen atoms in total. The van der Waals surface area contributed by atoms with Gasteiger partial charge in [-0.15, -0.1) is 0 Å². The van der Waals surface area contributed by atoms with Gasteiger partial charge in [0.2, 0.25) is 5.91 Å². The van der Waals surface area contributed by atoms with Crippen LogP contribution in [-0.4, -0.2) is 15.7 Å². The molecule has 1 heterocycles. The third-order valence-corrected chi connectivity index (χ3v) is 2.67. The molecule has 18 heavy (non-hydrogen) atoms. The summed E-state index contributed by atoms with van der Waals surface area (Å²) in [5.74, 6) is -0.205. The number of carbonyl (C=O) groups is 1. The second-order valence-electron chi connectivity index (χ2n) is 4.00. The number of aryl methyl sites for hydroxylation is 1. The van der Waals surface area contributed by atoms with Crippen molar-refractivity contribution in [3.63, 3.8) is 0 Å². The summed E-state index contributed by atoms with van der Waals surface area (Å²) >= 11 is 6.02. The average Bonchev–Trinajstić information content (AvgIpc) is 2.68. The van der Waals surface area contributed by atoms with Gasteiger partial charge in [-0.2, -0.15) is 5.10 Å². The van der Waals surface area contributed by atoms with Crippen molar-refractivity contribution in [1.82, 2.24) is 9.78 Å². The van der Waals surface area contributed by atoms with Crippen molar-refractivity contribution >= 4 is 28.9 Å². The molecule has 0 fully saturated rings. The van der Waals surface area contributed by atoms with Gasteiger partial charge in [0, 0.05) is 6.20 Å². The molecule has 3 N–H and O–H groups in total. The van der Waals surface area contributed by atoms with Gasteiger partial charge in [0.15, 0.2) is 0 Å². The number of nitrogens with zero attached hydrogens (tertiary/aromatic N) is 2. The van der Waals surface area contributed by atoms with Gasteiger partial charge in [0.25, 0.3) is 0 Å². The van der Waals surface area contributed by atoms with E-state index in [1.54, 1.807) is 18.3 Å². The fourth-order valence-corrected chi connectivity index (χ4v) is 1.81. The molecule has 94 valence electrons. The number of hydrogen-bond acceptors (Lipinski definition) is 3. The highest BCUT2D eigenvalue weighted by Crippen LogP contribution is 2.22. The summed E-state index contributed by atoms with van der Waals surface area (Å²) < 4.78 is 1.47. The molecule has 0 aliphatic carbocycles. The Hall–Kier alpha value is -2.01. The quantitative estimate of drug-likeness (QED) is 0.891. The van der Waals surface area contributed by atoms with Gasteiger partial charge in [0.1, 0.15) is 6.54 Å². The van der Waals surface area contributed by atoms with E-state index in [9.17, 15) is 4.79 Å². The van der Waals surface area contributed by atoms with Crippen LogP contribution in [0.1, 0.15) is 5.56 Å². The number of nitrogens with one attached hydrogen (secondary N) is 1. The molecule has 1 amide bonds. The molecule has 0 radical (unpaired) electrons. The summed E-state index contributed by atoms with van der Waals surface area (Å²) in [4.78, 5) is 11.8. The Labute approximate surface area is 110 Å². The number of hydrogen-bond donors (Lipinski definition) is 2. The largest absolute Gasteiger partial charge is 0.396 e. The van der Waals surface area contributed by atoms with E-state index >= 15 is 0 Å². The fourth-order valence-electron chi connectivity index (χ4n) is 1.52. The molecule has 0 aliphatic heterocycles. The number of anilines is 2. The van der Waals surface area contributed by atoms with E-state index in [2.05, 4.69) is 10.4 Å². The van der Waals surface area contributed by atoms with Crippen LogP contribution >= 0.6 is 11.6 Å². The van der Waals surface area contributed by atoms with Gasteiger partial charge in [-0.25, -0.2) is 0 Å². The lowest BCUT2D eigenvalue weighted by molar-refractivity contribution is -0.116. The predicted molar refractivity (Wildman–Crippen MR) is 71.5 cm³/mol. The molecule has 2 aromatic rings. The highest BCUT2D eigenvalue weighted by atomic mass is 35.5. The SMILES string of the molecule is Cc1ccc(NC(=O)Cn2cc(N)cn2)c(Cl)c1. The average molecular weight is 265 g/mol. The van der Waals surface area contributed by atoms with E-state index in [1.807, 2.05) is 13.0 Å². The molecule has 0 atom stereocenters. The Morgan fingerprint density at radius 2 is 2.33 bits per heavy atom. The van der Waals surface area contributed by atoms with E-state index in [-0.39, 0.29) is 12.5 Å². The third-order valence-electron chi connectivity index (χ3n) is 2.36. The first kappa shape index (κ1) is 12.4. The molecule has 1 aromatic heterocycles. The van der Waals surface area contributed by atoms with Crippen molar-refractivity contribution in [3.05, 3.63) is 41.2 Å². The highest BCUT2D eigenvalue weighted by molar-refractivity contribution is 6.33. The minimum absolute atomic E-state index is 0.0986. The van der Waals surface area contributed by atoms with Crippen LogP contribution in [-0.2, 0) is 11.3 Å². The van der Waals surface area contributed by atoms with E-state index in [1.165, 1.54) is 10.9 Å². The molecular weight excluding hydrogens is 252 g/mol. The molecule has 0 spiro atoms. The van der Waals surface area contributed by atoms with Crippen molar-refractivity contribution in [2.24, 2.45) is 0 Å². The number of rotatable bonds is 3. The maximum absolute atomic E-state index is 11.8. The Balaban J connectivity index is 2.03. The first-order chi connectivity index (χ1) is 8.54. The molecule has 0 unspecified atom stereocenters. The summed E-state index contributed by atoms with van der Waals surface area (Å²) in [6.07, 6.45) is 3.09. The van der Waals surface area contributed by atoms with Crippen LogP contribution in [0.5, 0.6) is 0 Å². The standard InChI is InChI=1S/C12H13ClN4O/c1-8-2-3-11(10(13)4-8)16-12(18)7-17-6-9(14)5-15-17/h2-6H,7,14H2,1H3,(H,16,18). The Bertz CT molecular complexity index is 579. The number of amides is 1. The van der Waals surface area contributed by atoms with Crippen LogP contribution in [0.25, 0.3) is 0 Å². The molecule has 1 aromatic carbocycles. The zero-order valence-corrected chi connectivity index (χ0v) is 10.6. The summed E-state index contributed by atoms with van der Waals surface area (Å²) in [5.41, 5.74) is 7.67. The summed E-state index contributed by atoms with van der Waals surface area (Å²) in [7, 11) is 0. The highest BCUT2D eigenvalue weighted by Gasteiger charge is 2.07. The number of nitrogen functional groups attached to an aromatic ring is 1. The van der Waals surface area contributed by atoms with Gasteiger partial charge in [-0.05, 0) is 24.6 Å². The number of nitrogens with two attached hydrogens (primary N) is 1. The maximum Gasteiger partial charge on any atom is 0.246 e. The normalized spacial score (nSPS) is 10.3. The molecule has 0 saturated heterocycles. The molecular formula is C12H13ClN4O. The monoisotopic (exact) mass is 264 g/mol. The van der Waals surface area contributed by atoms with Gasteiger partial charge in [0.05, 0.1) is 22.6 Å². The van der Waals surface area contributed by atoms with Gasteiger partial charge in [-0.3, -0.25) is 9.48 Å². The molecule has 0 aliphatic rings. The summed E-state index contributed by atoms with van der Waals surface area (Å²) in [6.45, 7) is 2.03. The lowest BCUT2D eigenvalue weighted by Crippen LogP contribution is -2.19. The van der Waals surface area contributed by atoms with Crippen LogP contribution in [0.15, 0.2) is 30.6 Å². The van der Waals surface area contributed by atoms with Crippen molar-refractivity contribution in [3.8, 4) is 0 Å². The van der Waals surface area contributed by atoms with Crippen LogP contribution in [0.2, 0.25) is 5.02 Å². The number of carbonyl (C=O) groups excluding carboxylic acids is 1. The molecule has 0 saturated carbocycles. The first-order valence-corrected chi connectivity index (χ1v) is 5.76. The lowest BCUT2D eigenvalue weighted by Gasteiger charge is -2.07. The second-order valence-corrected chi connectivity index (χ2v) is 4.41. The van der Waals surface area contributed by atoms with Gasteiger partial charge >= 0.3 is 0 Å². The first-order valence-electron chi connectivity index (χ1n) is 5.38. The second kappa shape index (κ2) is 5.10. The van der Waals surface area contributed by atoms with Crippen molar-refractivity contribution < 1.29 is 4.79 Å². The van der Waals surface area contributed by atoms with Crippen molar-refractivity contribution in [2.45, 2.75) is 13.5 Å².